The maximum Gasteiger partial charge on any atom is 0.237 e. The molecule has 4 nitrogen and oxygen atoms in total. The number of rotatable bonds is 1. The van der Waals surface area contributed by atoms with Crippen molar-refractivity contribution in [2.45, 2.75) is 66.2 Å². The molecule has 3 rings (SSSR count). The lowest BCUT2D eigenvalue weighted by Crippen LogP contribution is -2.25. The number of aliphatic hydroxyl groups is 1. The van der Waals surface area contributed by atoms with Crippen LogP contribution in [0.25, 0.3) is 11.3 Å². The zero-order valence-corrected chi connectivity index (χ0v) is 19.0. The van der Waals surface area contributed by atoms with Crippen LogP contribution in [-0.4, -0.2) is 21.8 Å². The Morgan fingerprint density at radius 2 is 1.10 bits per heavy atom. The lowest BCUT2D eigenvalue weighted by atomic mass is 9.76. The summed E-state index contributed by atoms with van der Waals surface area (Å²) in [5.74, 6) is -1.36. The van der Waals surface area contributed by atoms with E-state index < -0.39 is 22.4 Å². The van der Waals surface area contributed by atoms with E-state index in [-0.39, 0.29) is 22.6 Å². The van der Waals surface area contributed by atoms with Gasteiger partial charge in [-0.25, -0.2) is 0 Å². The second-order valence-corrected chi connectivity index (χ2v) is 10.3. The van der Waals surface area contributed by atoms with Crippen LogP contribution in [0.3, 0.4) is 0 Å². The molecular weight excluding hydrogens is 376 g/mol. The van der Waals surface area contributed by atoms with Gasteiger partial charge in [0.05, 0.1) is 5.57 Å². The SMILES string of the molecule is Cc1cc2c(cc1C)C(O)=C(c1cc(C(C)(C)C)c(O)c(C(C)(C)C)c1)C(=O)C2=O. The van der Waals surface area contributed by atoms with Crippen molar-refractivity contribution in [2.24, 2.45) is 0 Å². The maximum atomic E-state index is 13.1. The van der Waals surface area contributed by atoms with Gasteiger partial charge >= 0.3 is 0 Å². The first kappa shape index (κ1) is 21.8. The molecule has 0 fully saturated rings. The molecule has 30 heavy (non-hydrogen) atoms. The van der Waals surface area contributed by atoms with Gasteiger partial charge < -0.3 is 10.2 Å². The lowest BCUT2D eigenvalue weighted by molar-refractivity contribution is -0.110. The Bertz CT molecular complexity index is 1080. The highest BCUT2D eigenvalue weighted by Gasteiger charge is 2.36. The number of aryl methyl sites for hydroxylation is 2. The summed E-state index contributed by atoms with van der Waals surface area (Å²) in [4.78, 5) is 26.0. The highest BCUT2D eigenvalue weighted by atomic mass is 16.3. The van der Waals surface area contributed by atoms with Gasteiger partial charge in [-0.2, -0.15) is 0 Å². The third kappa shape index (κ3) is 3.45. The van der Waals surface area contributed by atoms with Crippen molar-refractivity contribution in [1.82, 2.24) is 0 Å². The van der Waals surface area contributed by atoms with Gasteiger partial charge in [0.2, 0.25) is 11.6 Å². The Kier molecular flexibility index (Phi) is 4.97. The number of fused-ring (bicyclic) bond motifs is 1. The number of carbonyl (C=O) groups excluding carboxylic acids is 2. The first-order valence-electron chi connectivity index (χ1n) is 10.2. The fourth-order valence-electron chi connectivity index (χ4n) is 3.87. The van der Waals surface area contributed by atoms with Crippen LogP contribution in [0, 0.1) is 13.8 Å². The van der Waals surface area contributed by atoms with Gasteiger partial charge in [0.25, 0.3) is 0 Å². The van der Waals surface area contributed by atoms with Crippen molar-refractivity contribution < 1.29 is 19.8 Å². The van der Waals surface area contributed by atoms with E-state index in [1.165, 1.54) is 0 Å². The predicted octanol–water partition coefficient (Wildman–Crippen LogP) is 5.80. The van der Waals surface area contributed by atoms with Gasteiger partial charge in [0.1, 0.15) is 11.5 Å². The van der Waals surface area contributed by atoms with E-state index in [0.717, 1.165) is 11.1 Å². The molecule has 0 aromatic heterocycles. The van der Waals surface area contributed by atoms with E-state index in [1.54, 1.807) is 24.3 Å². The van der Waals surface area contributed by atoms with Gasteiger partial charge in [0, 0.05) is 22.3 Å². The third-order valence-corrected chi connectivity index (χ3v) is 5.82. The molecule has 1 aliphatic rings. The average molecular weight is 407 g/mol. The zero-order valence-electron chi connectivity index (χ0n) is 19.0. The summed E-state index contributed by atoms with van der Waals surface area (Å²) >= 11 is 0. The minimum absolute atomic E-state index is 0.00764. The first-order valence-corrected chi connectivity index (χ1v) is 10.2. The van der Waals surface area contributed by atoms with Crippen molar-refractivity contribution in [3.8, 4) is 5.75 Å². The quantitative estimate of drug-likeness (QED) is 0.587. The molecule has 0 unspecified atom stereocenters. The minimum atomic E-state index is -0.728. The number of hydrogen-bond acceptors (Lipinski definition) is 4. The highest BCUT2D eigenvalue weighted by Crippen LogP contribution is 2.43. The fraction of sp³-hybridized carbons (Fsp3) is 0.385. The third-order valence-electron chi connectivity index (χ3n) is 5.82. The standard InChI is InChI=1S/C26H30O4/c1-13-9-16-17(10-14(13)2)22(28)24(30)20(21(16)27)15-11-18(25(3,4)5)23(29)19(12-15)26(6,7)8/h9-12,27,29H,1-8H3. The summed E-state index contributed by atoms with van der Waals surface area (Å²) in [7, 11) is 0. The van der Waals surface area contributed by atoms with Crippen LogP contribution in [0.1, 0.15) is 85.3 Å². The van der Waals surface area contributed by atoms with Crippen molar-refractivity contribution in [3.05, 3.63) is 63.2 Å². The summed E-state index contributed by atoms with van der Waals surface area (Å²) in [5.41, 5.74) is 3.39. The second-order valence-electron chi connectivity index (χ2n) is 10.3. The molecular formula is C26H30O4. The molecule has 2 aromatic rings. The summed E-state index contributed by atoms with van der Waals surface area (Å²) < 4.78 is 0. The molecule has 0 spiro atoms. The van der Waals surface area contributed by atoms with Crippen LogP contribution in [0.15, 0.2) is 24.3 Å². The number of phenolic OH excluding ortho intramolecular Hbond substituents is 1. The minimum Gasteiger partial charge on any atom is -0.507 e. The number of ketones is 2. The van der Waals surface area contributed by atoms with Crippen LogP contribution < -0.4 is 0 Å². The Morgan fingerprint density at radius 1 is 0.667 bits per heavy atom. The van der Waals surface area contributed by atoms with E-state index in [0.29, 0.717) is 22.3 Å². The average Bonchev–Trinajstić information content (AvgIpc) is 2.61. The molecule has 0 radical (unpaired) electrons. The van der Waals surface area contributed by atoms with Crippen LogP contribution >= 0.6 is 0 Å². The normalized spacial score (nSPS) is 14.9. The molecule has 0 saturated carbocycles. The monoisotopic (exact) mass is 406 g/mol. The fourth-order valence-corrected chi connectivity index (χ4v) is 3.87. The van der Waals surface area contributed by atoms with Gasteiger partial charge in [0.15, 0.2) is 0 Å². The van der Waals surface area contributed by atoms with Crippen LogP contribution in [0.2, 0.25) is 0 Å². The maximum absolute atomic E-state index is 13.1. The number of aromatic hydroxyl groups is 1. The van der Waals surface area contributed by atoms with E-state index in [9.17, 15) is 19.8 Å². The summed E-state index contributed by atoms with van der Waals surface area (Å²) in [6, 6.07) is 6.84. The van der Waals surface area contributed by atoms with E-state index in [2.05, 4.69) is 0 Å². The number of carbonyl (C=O) groups is 2. The van der Waals surface area contributed by atoms with Crippen molar-refractivity contribution in [2.75, 3.05) is 0 Å². The van der Waals surface area contributed by atoms with Crippen LogP contribution in [-0.2, 0) is 15.6 Å². The van der Waals surface area contributed by atoms with Crippen molar-refractivity contribution in [1.29, 1.82) is 0 Å². The molecule has 0 aliphatic heterocycles. The number of phenols is 1. The first-order chi connectivity index (χ1) is 13.6. The number of allylic oxidation sites excluding steroid dienone is 1. The molecule has 4 heteroatoms. The molecule has 2 N–H and O–H groups in total. The van der Waals surface area contributed by atoms with E-state index in [1.807, 2.05) is 55.4 Å². The van der Waals surface area contributed by atoms with Gasteiger partial charge in [-0.05, 0) is 65.6 Å². The molecule has 0 heterocycles. The summed E-state index contributed by atoms with van der Waals surface area (Å²) in [6.07, 6.45) is 0. The van der Waals surface area contributed by atoms with Crippen molar-refractivity contribution >= 4 is 22.9 Å². The Labute approximate surface area is 178 Å². The van der Waals surface area contributed by atoms with Crippen LogP contribution in [0.5, 0.6) is 5.75 Å². The van der Waals surface area contributed by atoms with Crippen molar-refractivity contribution in [3.63, 3.8) is 0 Å². The smallest absolute Gasteiger partial charge is 0.237 e. The van der Waals surface area contributed by atoms with E-state index >= 15 is 0 Å². The highest BCUT2D eigenvalue weighted by molar-refractivity contribution is 6.62. The van der Waals surface area contributed by atoms with Gasteiger partial charge in [-0.1, -0.05) is 41.5 Å². The summed E-state index contributed by atoms with van der Waals surface area (Å²) in [5, 5.41) is 22.0. The topological polar surface area (TPSA) is 74.6 Å². The second kappa shape index (κ2) is 6.83. The number of benzene rings is 2. The molecule has 2 aromatic carbocycles. The Morgan fingerprint density at radius 3 is 1.53 bits per heavy atom. The van der Waals surface area contributed by atoms with Crippen LogP contribution in [0.4, 0.5) is 0 Å². The molecule has 158 valence electrons. The van der Waals surface area contributed by atoms with E-state index in [4.69, 9.17) is 0 Å². The number of Topliss-reactive ketones (excluding diaryl/α,β-unsaturated/α-hetero) is 2. The largest absolute Gasteiger partial charge is 0.507 e. The van der Waals surface area contributed by atoms with Gasteiger partial charge in [-0.15, -0.1) is 0 Å². The molecule has 0 atom stereocenters. The molecule has 0 bridgehead atoms. The number of hydrogen-bond donors (Lipinski definition) is 2. The molecule has 0 amide bonds. The predicted molar refractivity (Wildman–Crippen MR) is 120 cm³/mol. The zero-order chi connectivity index (χ0) is 22.8. The Balaban J connectivity index is 2.40. The molecule has 1 aliphatic carbocycles. The van der Waals surface area contributed by atoms with Gasteiger partial charge in [-0.3, -0.25) is 9.59 Å². The lowest BCUT2D eigenvalue weighted by Gasteiger charge is -2.29. The molecule has 0 saturated heterocycles. The summed E-state index contributed by atoms with van der Waals surface area (Å²) in [6.45, 7) is 15.6. The number of aliphatic hydroxyl groups excluding tert-OH is 1. The Hall–Kier alpha value is -2.88.